The molecule has 0 amide bonds. The molecule has 0 heterocycles. The van der Waals surface area contributed by atoms with E-state index in [-0.39, 0.29) is 5.41 Å². The van der Waals surface area contributed by atoms with Crippen LogP contribution in [0.15, 0.2) is 176 Å². The zero-order valence-corrected chi connectivity index (χ0v) is 27.2. The van der Waals surface area contributed by atoms with Crippen LogP contribution < -0.4 is 4.90 Å². The lowest BCUT2D eigenvalue weighted by molar-refractivity contribution is 0.666. The molecule has 0 bridgehead atoms. The summed E-state index contributed by atoms with van der Waals surface area (Å²) in [6, 6.07) is 64.3. The quantitative estimate of drug-likeness (QED) is 0.187. The van der Waals surface area contributed by atoms with Crippen molar-refractivity contribution in [3.8, 4) is 33.4 Å². The number of fused-ring (bicyclic) bond motifs is 6. The summed E-state index contributed by atoms with van der Waals surface area (Å²) in [5.41, 5.74) is 13.7. The van der Waals surface area contributed by atoms with Gasteiger partial charge in [0, 0.05) is 22.5 Å². The second-order valence-electron chi connectivity index (χ2n) is 13.4. The van der Waals surface area contributed by atoms with Gasteiger partial charge in [-0.05, 0) is 109 Å². The summed E-state index contributed by atoms with van der Waals surface area (Å²) in [5.74, 6) is 0. The second-order valence-corrected chi connectivity index (χ2v) is 13.4. The molecule has 1 heteroatoms. The summed E-state index contributed by atoms with van der Waals surface area (Å²) in [6.07, 6.45) is 0. The maximum Gasteiger partial charge on any atom is 0.0468 e. The minimum Gasteiger partial charge on any atom is -0.310 e. The smallest absolute Gasteiger partial charge is 0.0468 e. The Morgan fingerprint density at radius 3 is 1.71 bits per heavy atom. The Morgan fingerprint density at radius 1 is 0.396 bits per heavy atom. The van der Waals surface area contributed by atoms with Gasteiger partial charge >= 0.3 is 0 Å². The second kappa shape index (κ2) is 11.1. The van der Waals surface area contributed by atoms with E-state index in [1.807, 2.05) is 0 Å². The third kappa shape index (κ3) is 4.54. The van der Waals surface area contributed by atoms with Crippen molar-refractivity contribution in [2.24, 2.45) is 0 Å². The maximum absolute atomic E-state index is 2.43. The summed E-state index contributed by atoms with van der Waals surface area (Å²) >= 11 is 0. The van der Waals surface area contributed by atoms with Gasteiger partial charge < -0.3 is 4.90 Å². The van der Waals surface area contributed by atoms with Crippen LogP contribution in [-0.4, -0.2) is 0 Å². The van der Waals surface area contributed by atoms with Crippen LogP contribution >= 0.6 is 0 Å². The molecule has 1 aliphatic carbocycles. The molecule has 0 spiro atoms. The third-order valence-corrected chi connectivity index (χ3v) is 10.2. The predicted molar refractivity (Wildman–Crippen MR) is 205 cm³/mol. The van der Waals surface area contributed by atoms with Gasteiger partial charge in [-0.15, -0.1) is 0 Å². The van der Waals surface area contributed by atoms with E-state index in [4.69, 9.17) is 0 Å². The van der Waals surface area contributed by atoms with E-state index in [0.29, 0.717) is 0 Å². The van der Waals surface area contributed by atoms with Crippen LogP contribution in [0.25, 0.3) is 54.9 Å². The highest BCUT2D eigenvalue weighted by atomic mass is 15.1. The van der Waals surface area contributed by atoms with E-state index >= 15 is 0 Å². The van der Waals surface area contributed by atoms with E-state index in [1.54, 1.807) is 0 Å². The number of anilines is 3. The van der Waals surface area contributed by atoms with Crippen LogP contribution in [0.5, 0.6) is 0 Å². The van der Waals surface area contributed by atoms with E-state index in [2.05, 4.69) is 195 Å². The molecule has 0 unspecified atom stereocenters. The number of benzene rings is 8. The van der Waals surface area contributed by atoms with Crippen LogP contribution in [0, 0.1) is 0 Å². The fourth-order valence-corrected chi connectivity index (χ4v) is 7.88. The Balaban J connectivity index is 1.28. The maximum atomic E-state index is 2.43. The first kappa shape index (κ1) is 28.3. The van der Waals surface area contributed by atoms with Crippen LogP contribution in [0.2, 0.25) is 0 Å². The fourth-order valence-electron chi connectivity index (χ4n) is 7.88. The molecule has 8 aromatic rings. The molecule has 0 radical (unpaired) electrons. The van der Waals surface area contributed by atoms with Crippen molar-refractivity contribution in [2.75, 3.05) is 4.90 Å². The van der Waals surface area contributed by atoms with Crippen LogP contribution in [0.3, 0.4) is 0 Å². The van der Waals surface area contributed by atoms with Gasteiger partial charge in [-0.1, -0.05) is 147 Å². The van der Waals surface area contributed by atoms with E-state index in [1.165, 1.54) is 66.1 Å². The first-order valence-electron chi connectivity index (χ1n) is 16.8. The van der Waals surface area contributed by atoms with Gasteiger partial charge in [0.05, 0.1) is 0 Å². The predicted octanol–water partition coefficient (Wildman–Crippen LogP) is 13.1. The Kier molecular flexibility index (Phi) is 6.55. The van der Waals surface area contributed by atoms with Crippen molar-refractivity contribution in [3.05, 3.63) is 187 Å². The summed E-state index contributed by atoms with van der Waals surface area (Å²) < 4.78 is 0. The molecular formula is C47H35N. The zero-order chi connectivity index (χ0) is 32.2. The Labute approximate surface area is 282 Å². The van der Waals surface area contributed by atoms with Gasteiger partial charge in [0.1, 0.15) is 0 Å². The number of hydrogen-bond acceptors (Lipinski definition) is 1. The average molecular weight is 614 g/mol. The highest BCUT2D eigenvalue weighted by Crippen LogP contribution is 2.56. The third-order valence-electron chi connectivity index (χ3n) is 10.2. The molecule has 0 fully saturated rings. The Hall–Kier alpha value is -5.92. The minimum absolute atomic E-state index is 0.154. The lowest BCUT2D eigenvalue weighted by atomic mass is 9.79. The first-order chi connectivity index (χ1) is 23.6. The highest BCUT2D eigenvalue weighted by molar-refractivity contribution is 6.05. The summed E-state index contributed by atoms with van der Waals surface area (Å²) in [5, 5.41) is 5.08. The first-order valence-corrected chi connectivity index (χ1v) is 16.8. The average Bonchev–Trinajstić information content (AvgIpc) is 3.38. The molecule has 0 atom stereocenters. The molecule has 9 rings (SSSR count). The lowest BCUT2D eigenvalue weighted by Gasteiger charge is -2.27. The van der Waals surface area contributed by atoms with Crippen LogP contribution in [-0.2, 0) is 5.41 Å². The van der Waals surface area contributed by atoms with Crippen LogP contribution in [0.4, 0.5) is 17.1 Å². The van der Waals surface area contributed by atoms with Crippen molar-refractivity contribution in [2.45, 2.75) is 19.3 Å². The molecule has 0 aliphatic heterocycles. The van der Waals surface area contributed by atoms with Crippen molar-refractivity contribution in [1.29, 1.82) is 0 Å². The van der Waals surface area contributed by atoms with Crippen molar-refractivity contribution in [1.82, 2.24) is 0 Å². The van der Waals surface area contributed by atoms with Crippen molar-refractivity contribution in [3.63, 3.8) is 0 Å². The van der Waals surface area contributed by atoms with E-state index in [0.717, 1.165) is 17.1 Å². The standard InChI is InChI=1S/C47H35N/c1-47(2)44-28-27-40(31-43(44)45-42(35-16-7-4-8-17-35)30-37-19-11-12-20-41(37)46(45)47)48(39-26-23-33-15-9-10-18-36(33)29-39)38-24-21-34(22-25-38)32-13-5-3-6-14-32/h3-31H,1-2H3. The number of hydrogen-bond donors (Lipinski definition) is 0. The molecule has 8 aromatic carbocycles. The van der Waals surface area contributed by atoms with Crippen molar-refractivity contribution < 1.29 is 0 Å². The number of rotatable bonds is 5. The summed E-state index contributed by atoms with van der Waals surface area (Å²) in [4.78, 5) is 2.41. The molecule has 0 aromatic heterocycles. The SMILES string of the molecule is CC1(C)c2ccc(N(c3ccc(-c4ccccc4)cc3)c3ccc4ccccc4c3)cc2-c2c(-c3ccccc3)cc3ccccc3c21. The highest BCUT2D eigenvalue weighted by Gasteiger charge is 2.39. The molecular weight excluding hydrogens is 579 g/mol. The minimum atomic E-state index is -0.154. The lowest BCUT2D eigenvalue weighted by Crippen LogP contribution is -2.16. The molecule has 0 saturated heterocycles. The largest absolute Gasteiger partial charge is 0.310 e. The van der Waals surface area contributed by atoms with Crippen molar-refractivity contribution >= 4 is 38.6 Å². The normalized spacial score (nSPS) is 13.0. The molecule has 1 nitrogen and oxygen atoms in total. The molecule has 0 N–H and O–H groups in total. The summed E-state index contributed by atoms with van der Waals surface area (Å²) in [7, 11) is 0. The molecule has 48 heavy (non-hydrogen) atoms. The van der Waals surface area contributed by atoms with Gasteiger partial charge in [0.25, 0.3) is 0 Å². The van der Waals surface area contributed by atoms with E-state index < -0.39 is 0 Å². The fraction of sp³-hybridized carbons (Fsp3) is 0.0638. The van der Waals surface area contributed by atoms with Gasteiger partial charge in [-0.25, -0.2) is 0 Å². The molecule has 1 aliphatic rings. The van der Waals surface area contributed by atoms with Gasteiger partial charge in [0.15, 0.2) is 0 Å². The van der Waals surface area contributed by atoms with E-state index in [9.17, 15) is 0 Å². The number of nitrogens with zero attached hydrogens (tertiary/aromatic N) is 1. The Morgan fingerprint density at radius 2 is 0.958 bits per heavy atom. The summed E-state index contributed by atoms with van der Waals surface area (Å²) in [6.45, 7) is 4.78. The van der Waals surface area contributed by atoms with Gasteiger partial charge in [-0.2, -0.15) is 0 Å². The molecule has 228 valence electrons. The van der Waals surface area contributed by atoms with Crippen LogP contribution in [0.1, 0.15) is 25.0 Å². The molecule has 0 saturated carbocycles. The topological polar surface area (TPSA) is 3.24 Å². The zero-order valence-electron chi connectivity index (χ0n) is 27.2. The monoisotopic (exact) mass is 613 g/mol. The Bertz CT molecular complexity index is 2460. The van der Waals surface area contributed by atoms with Gasteiger partial charge in [-0.3, -0.25) is 0 Å². The van der Waals surface area contributed by atoms with Gasteiger partial charge in [0.2, 0.25) is 0 Å².